The summed E-state index contributed by atoms with van der Waals surface area (Å²) in [7, 11) is -2.60. The predicted octanol–water partition coefficient (Wildman–Crippen LogP) is 0.592. The van der Waals surface area contributed by atoms with Crippen LogP contribution in [-0.4, -0.2) is 27.5 Å². The molecule has 0 amide bonds. The first kappa shape index (κ1) is 15.1. The minimum atomic E-state index is -3.78. The number of nitrogens with one attached hydrogen (secondary N) is 1. The van der Waals surface area contributed by atoms with Gasteiger partial charge in [-0.1, -0.05) is 12.1 Å². The average molecular weight is 282 g/mol. The molecular formula is C12H14N2O4S. The number of ether oxygens (including phenoxy) is 1. The van der Waals surface area contributed by atoms with Gasteiger partial charge in [0.05, 0.1) is 24.5 Å². The van der Waals surface area contributed by atoms with Crippen LogP contribution >= 0.6 is 0 Å². The summed E-state index contributed by atoms with van der Waals surface area (Å²) in [6, 6.07) is 6.89. The van der Waals surface area contributed by atoms with E-state index in [9.17, 15) is 13.2 Å². The Morgan fingerprint density at radius 2 is 2.00 bits per heavy atom. The van der Waals surface area contributed by atoms with E-state index in [1.807, 2.05) is 6.07 Å². The van der Waals surface area contributed by atoms with Crippen molar-refractivity contribution in [1.29, 1.82) is 5.26 Å². The van der Waals surface area contributed by atoms with Crippen LogP contribution in [0.4, 0.5) is 0 Å². The molecule has 6 nitrogen and oxygen atoms in total. The smallest absolute Gasteiger partial charge is 0.323 e. The largest absolute Gasteiger partial charge is 0.468 e. The molecule has 0 heterocycles. The van der Waals surface area contributed by atoms with Crippen LogP contribution in [0.3, 0.4) is 0 Å². The molecule has 0 bridgehead atoms. The normalized spacial score (nSPS) is 12.5. The molecule has 1 rings (SSSR count). The van der Waals surface area contributed by atoms with Gasteiger partial charge in [-0.25, -0.2) is 8.42 Å². The van der Waals surface area contributed by atoms with Crippen LogP contribution in [0.2, 0.25) is 0 Å². The number of hydrogen-bond donors (Lipinski definition) is 1. The van der Waals surface area contributed by atoms with Crippen molar-refractivity contribution in [2.24, 2.45) is 0 Å². The Kier molecular flexibility index (Phi) is 5.03. The van der Waals surface area contributed by atoms with Crippen LogP contribution in [0.25, 0.3) is 0 Å². The summed E-state index contributed by atoms with van der Waals surface area (Å²) in [5, 5.41) is 8.52. The Hall–Kier alpha value is -1.91. The van der Waals surface area contributed by atoms with E-state index in [-0.39, 0.29) is 11.3 Å². The maximum atomic E-state index is 11.9. The Morgan fingerprint density at radius 1 is 1.42 bits per heavy atom. The molecule has 0 aromatic heterocycles. The summed E-state index contributed by atoms with van der Waals surface area (Å²) in [6.45, 7) is 1.40. The second kappa shape index (κ2) is 6.31. The monoisotopic (exact) mass is 282 g/mol. The second-order valence-corrected chi connectivity index (χ2v) is 5.56. The van der Waals surface area contributed by atoms with Crippen LogP contribution in [-0.2, 0) is 26.0 Å². The van der Waals surface area contributed by atoms with Crippen molar-refractivity contribution in [2.45, 2.75) is 24.3 Å². The fraction of sp³-hybridized carbons (Fsp3) is 0.333. The highest BCUT2D eigenvalue weighted by atomic mass is 32.2. The first-order valence-electron chi connectivity index (χ1n) is 5.46. The van der Waals surface area contributed by atoms with Gasteiger partial charge in [-0.05, 0) is 24.6 Å². The molecule has 0 spiro atoms. The Labute approximate surface area is 112 Å². The van der Waals surface area contributed by atoms with Gasteiger partial charge in [0.1, 0.15) is 6.04 Å². The van der Waals surface area contributed by atoms with Crippen LogP contribution in [0.15, 0.2) is 29.2 Å². The third kappa shape index (κ3) is 4.05. The van der Waals surface area contributed by atoms with Crippen molar-refractivity contribution in [2.75, 3.05) is 7.11 Å². The number of nitriles is 1. The summed E-state index contributed by atoms with van der Waals surface area (Å²) in [5.41, 5.74) is 0.725. The van der Waals surface area contributed by atoms with Gasteiger partial charge in [0.25, 0.3) is 0 Å². The molecule has 1 aromatic carbocycles. The van der Waals surface area contributed by atoms with Gasteiger partial charge in [-0.3, -0.25) is 4.79 Å². The van der Waals surface area contributed by atoms with Crippen molar-refractivity contribution in [3.8, 4) is 6.07 Å². The Balaban J connectivity index is 2.89. The molecule has 7 heteroatoms. The third-order valence-electron chi connectivity index (χ3n) is 2.40. The molecule has 1 aromatic rings. The van der Waals surface area contributed by atoms with Crippen molar-refractivity contribution in [3.63, 3.8) is 0 Å². The molecule has 19 heavy (non-hydrogen) atoms. The molecule has 0 aliphatic carbocycles. The van der Waals surface area contributed by atoms with E-state index in [2.05, 4.69) is 9.46 Å². The van der Waals surface area contributed by atoms with Gasteiger partial charge in [-0.15, -0.1) is 0 Å². The highest BCUT2D eigenvalue weighted by Gasteiger charge is 2.22. The van der Waals surface area contributed by atoms with Crippen LogP contribution in [0, 0.1) is 11.3 Å². The Morgan fingerprint density at radius 3 is 2.47 bits per heavy atom. The number of carbonyl (C=O) groups is 1. The number of benzene rings is 1. The van der Waals surface area contributed by atoms with E-state index < -0.39 is 22.0 Å². The van der Waals surface area contributed by atoms with Gasteiger partial charge in [0, 0.05) is 0 Å². The molecule has 102 valence electrons. The lowest BCUT2D eigenvalue weighted by atomic mass is 10.2. The van der Waals surface area contributed by atoms with E-state index >= 15 is 0 Å². The van der Waals surface area contributed by atoms with E-state index in [1.165, 1.54) is 26.2 Å². The highest BCUT2D eigenvalue weighted by Crippen LogP contribution is 2.11. The van der Waals surface area contributed by atoms with Gasteiger partial charge < -0.3 is 4.74 Å². The van der Waals surface area contributed by atoms with E-state index in [1.54, 1.807) is 12.1 Å². The number of rotatable bonds is 5. The summed E-state index contributed by atoms with van der Waals surface area (Å²) in [6.07, 6.45) is 0.215. The fourth-order valence-corrected chi connectivity index (χ4v) is 2.60. The molecule has 0 aliphatic rings. The summed E-state index contributed by atoms with van der Waals surface area (Å²) in [5.74, 6) is -0.662. The lowest BCUT2D eigenvalue weighted by Crippen LogP contribution is -2.39. The predicted molar refractivity (Wildman–Crippen MR) is 67.6 cm³/mol. The molecule has 0 unspecified atom stereocenters. The van der Waals surface area contributed by atoms with Crippen molar-refractivity contribution in [3.05, 3.63) is 29.8 Å². The van der Waals surface area contributed by atoms with Crippen molar-refractivity contribution < 1.29 is 17.9 Å². The van der Waals surface area contributed by atoms with Crippen molar-refractivity contribution in [1.82, 2.24) is 4.72 Å². The molecule has 0 saturated carbocycles. The quantitative estimate of drug-likeness (QED) is 0.797. The van der Waals surface area contributed by atoms with Crippen LogP contribution in [0.1, 0.15) is 12.5 Å². The zero-order valence-corrected chi connectivity index (χ0v) is 11.4. The number of nitrogens with zero attached hydrogens (tertiary/aromatic N) is 1. The maximum absolute atomic E-state index is 11.9. The zero-order valence-electron chi connectivity index (χ0n) is 10.6. The number of hydrogen-bond acceptors (Lipinski definition) is 5. The van der Waals surface area contributed by atoms with Crippen molar-refractivity contribution >= 4 is 16.0 Å². The third-order valence-corrected chi connectivity index (χ3v) is 3.96. The number of methoxy groups -OCH3 is 1. The zero-order chi connectivity index (χ0) is 14.5. The number of sulfonamides is 1. The van der Waals surface area contributed by atoms with Crippen LogP contribution in [0.5, 0.6) is 0 Å². The average Bonchev–Trinajstić information content (AvgIpc) is 2.38. The van der Waals surface area contributed by atoms with E-state index in [0.717, 1.165) is 5.56 Å². The lowest BCUT2D eigenvalue weighted by molar-refractivity contribution is -0.142. The molecule has 0 saturated heterocycles. The Bertz CT molecular complexity index is 587. The van der Waals surface area contributed by atoms with Gasteiger partial charge >= 0.3 is 5.97 Å². The van der Waals surface area contributed by atoms with Crippen LogP contribution < -0.4 is 4.72 Å². The molecule has 1 N–H and O–H groups in total. The molecule has 0 fully saturated rings. The molecule has 1 atom stereocenters. The van der Waals surface area contributed by atoms with E-state index in [0.29, 0.717) is 0 Å². The van der Waals surface area contributed by atoms with E-state index in [4.69, 9.17) is 5.26 Å². The minimum Gasteiger partial charge on any atom is -0.468 e. The minimum absolute atomic E-state index is 0.0324. The van der Waals surface area contributed by atoms with Gasteiger partial charge in [0.2, 0.25) is 10.0 Å². The topological polar surface area (TPSA) is 96.3 Å². The molecule has 0 aliphatic heterocycles. The summed E-state index contributed by atoms with van der Waals surface area (Å²) in [4.78, 5) is 11.2. The lowest BCUT2D eigenvalue weighted by Gasteiger charge is -2.12. The molecule has 0 radical (unpaired) electrons. The fourth-order valence-electron chi connectivity index (χ4n) is 1.40. The standard InChI is InChI=1S/C12H14N2O4S/c1-9(12(15)18-2)14-19(16,17)11-5-3-10(4-6-11)7-8-13/h3-6,9,14H,7H2,1-2H3/t9-/m1/s1. The first-order valence-corrected chi connectivity index (χ1v) is 6.95. The second-order valence-electron chi connectivity index (χ2n) is 3.84. The SMILES string of the molecule is COC(=O)[C@@H](C)NS(=O)(=O)c1ccc(CC#N)cc1. The number of carbonyl (C=O) groups excluding carboxylic acids is 1. The maximum Gasteiger partial charge on any atom is 0.323 e. The number of esters is 1. The highest BCUT2D eigenvalue weighted by molar-refractivity contribution is 7.89. The molecular weight excluding hydrogens is 268 g/mol. The summed E-state index contributed by atoms with van der Waals surface area (Å²) < 4.78 is 30.5. The van der Waals surface area contributed by atoms with Gasteiger partial charge in [0.15, 0.2) is 0 Å². The summed E-state index contributed by atoms with van der Waals surface area (Å²) >= 11 is 0. The van der Waals surface area contributed by atoms with Gasteiger partial charge in [-0.2, -0.15) is 9.98 Å². The first-order chi connectivity index (χ1) is 8.90.